The minimum atomic E-state index is -0.214. The quantitative estimate of drug-likeness (QED) is 0.834. The van der Waals surface area contributed by atoms with Gasteiger partial charge in [0.2, 0.25) is 0 Å². The van der Waals surface area contributed by atoms with Gasteiger partial charge in [0.1, 0.15) is 4.99 Å². The minimum absolute atomic E-state index is 0.214. The molecule has 0 atom stereocenters. The summed E-state index contributed by atoms with van der Waals surface area (Å²) >= 11 is 4.89. The average molecular weight is 274 g/mol. The molecule has 1 aromatic heterocycles. The van der Waals surface area contributed by atoms with Crippen LogP contribution in [0.2, 0.25) is 0 Å². The van der Waals surface area contributed by atoms with Gasteiger partial charge in [-0.3, -0.25) is 9.48 Å². The molecule has 3 N–H and O–H groups in total. The summed E-state index contributed by atoms with van der Waals surface area (Å²) in [5.41, 5.74) is 8.18. The molecule has 1 heterocycles. The largest absolute Gasteiger partial charge is 0.389 e. The molecule has 1 amide bonds. The number of thiocarbonyl (C=S) groups is 1. The van der Waals surface area contributed by atoms with E-state index >= 15 is 0 Å². The average Bonchev–Trinajstić information content (AvgIpc) is 2.68. The Morgan fingerprint density at radius 3 is 2.68 bits per heavy atom. The van der Waals surface area contributed by atoms with Gasteiger partial charge in [-0.2, -0.15) is 5.10 Å². The highest BCUT2D eigenvalue weighted by Crippen LogP contribution is 2.14. The fraction of sp³-hybridized carbons (Fsp3) is 0.154. The first-order chi connectivity index (χ1) is 8.97. The number of anilines is 1. The Balaban J connectivity index is 2.23. The third-order valence-corrected chi connectivity index (χ3v) is 2.91. The zero-order chi connectivity index (χ0) is 14.0. The maximum atomic E-state index is 12.1. The van der Waals surface area contributed by atoms with Crippen molar-refractivity contribution in [3.8, 4) is 0 Å². The topological polar surface area (TPSA) is 72.9 Å². The first-order valence-electron chi connectivity index (χ1n) is 5.69. The van der Waals surface area contributed by atoms with E-state index in [0.717, 1.165) is 5.69 Å². The first-order valence-corrected chi connectivity index (χ1v) is 6.09. The summed E-state index contributed by atoms with van der Waals surface area (Å²) in [6.45, 7) is 1.83. The molecular formula is C13H14N4OS. The van der Waals surface area contributed by atoms with E-state index in [1.54, 1.807) is 42.2 Å². The Kier molecular flexibility index (Phi) is 3.62. The van der Waals surface area contributed by atoms with Crippen LogP contribution in [0.4, 0.5) is 5.69 Å². The van der Waals surface area contributed by atoms with Crippen LogP contribution < -0.4 is 11.1 Å². The lowest BCUT2D eigenvalue weighted by atomic mass is 10.1. The number of hydrogen-bond acceptors (Lipinski definition) is 3. The normalized spacial score (nSPS) is 10.2. The summed E-state index contributed by atoms with van der Waals surface area (Å²) in [4.78, 5) is 12.4. The number of aromatic nitrogens is 2. The Morgan fingerprint density at radius 1 is 1.42 bits per heavy atom. The fourth-order valence-corrected chi connectivity index (χ4v) is 1.86. The zero-order valence-corrected chi connectivity index (χ0v) is 11.5. The van der Waals surface area contributed by atoms with Gasteiger partial charge in [0.15, 0.2) is 0 Å². The van der Waals surface area contributed by atoms with E-state index in [2.05, 4.69) is 10.4 Å². The number of hydrogen-bond donors (Lipinski definition) is 2. The molecule has 0 aliphatic carbocycles. The molecule has 0 unspecified atom stereocenters. The predicted octanol–water partition coefficient (Wildman–Crippen LogP) is 1.62. The lowest BCUT2D eigenvalue weighted by molar-refractivity contribution is 0.102. The summed E-state index contributed by atoms with van der Waals surface area (Å²) in [6, 6.07) is 6.90. The van der Waals surface area contributed by atoms with Crippen LogP contribution in [0.3, 0.4) is 0 Å². The molecule has 0 fully saturated rings. The van der Waals surface area contributed by atoms with Crippen LogP contribution in [0.25, 0.3) is 0 Å². The molecule has 6 heteroatoms. The Morgan fingerprint density at radius 2 is 2.11 bits per heavy atom. The van der Waals surface area contributed by atoms with Gasteiger partial charge in [-0.1, -0.05) is 24.4 Å². The summed E-state index contributed by atoms with van der Waals surface area (Å²) < 4.78 is 1.65. The van der Waals surface area contributed by atoms with Crippen molar-refractivity contribution in [1.29, 1.82) is 0 Å². The molecule has 98 valence electrons. The smallest absolute Gasteiger partial charge is 0.255 e. The van der Waals surface area contributed by atoms with Crippen molar-refractivity contribution in [3.63, 3.8) is 0 Å². The second-order valence-electron chi connectivity index (χ2n) is 4.20. The van der Waals surface area contributed by atoms with Gasteiger partial charge in [0, 0.05) is 24.4 Å². The second-order valence-corrected chi connectivity index (χ2v) is 4.64. The van der Waals surface area contributed by atoms with E-state index in [1.807, 2.05) is 6.92 Å². The lowest BCUT2D eigenvalue weighted by Gasteiger charge is -2.05. The number of rotatable bonds is 3. The third kappa shape index (κ3) is 2.97. The summed E-state index contributed by atoms with van der Waals surface area (Å²) in [5.74, 6) is -0.214. The number of benzene rings is 1. The number of nitrogens with two attached hydrogens (primary N) is 1. The number of nitrogens with zero attached hydrogens (tertiary/aromatic N) is 2. The Labute approximate surface area is 116 Å². The number of nitrogens with one attached hydrogen (secondary N) is 1. The number of carbonyl (C=O) groups is 1. The molecule has 0 saturated heterocycles. The van der Waals surface area contributed by atoms with Gasteiger partial charge in [-0.25, -0.2) is 0 Å². The third-order valence-electron chi connectivity index (χ3n) is 2.67. The monoisotopic (exact) mass is 274 g/mol. The number of aryl methyl sites for hydroxylation is 2. The summed E-state index contributed by atoms with van der Waals surface area (Å²) in [6.07, 6.45) is 1.75. The molecule has 0 aliphatic heterocycles. The van der Waals surface area contributed by atoms with Gasteiger partial charge in [-0.05, 0) is 19.1 Å². The molecule has 0 saturated carbocycles. The van der Waals surface area contributed by atoms with Crippen molar-refractivity contribution >= 4 is 28.8 Å². The van der Waals surface area contributed by atoms with Crippen LogP contribution in [-0.2, 0) is 7.05 Å². The van der Waals surface area contributed by atoms with E-state index in [-0.39, 0.29) is 10.9 Å². The first kappa shape index (κ1) is 13.2. The van der Waals surface area contributed by atoms with Gasteiger partial charge in [0.25, 0.3) is 5.91 Å². The highest BCUT2D eigenvalue weighted by atomic mass is 32.1. The molecule has 0 aliphatic rings. The van der Waals surface area contributed by atoms with Crippen LogP contribution in [-0.4, -0.2) is 20.7 Å². The van der Waals surface area contributed by atoms with E-state index < -0.39 is 0 Å². The molecule has 2 aromatic rings. The van der Waals surface area contributed by atoms with Crippen LogP contribution in [0.5, 0.6) is 0 Å². The van der Waals surface area contributed by atoms with Crippen molar-refractivity contribution in [1.82, 2.24) is 9.78 Å². The van der Waals surface area contributed by atoms with Crippen molar-refractivity contribution in [2.24, 2.45) is 12.8 Å². The molecule has 1 aromatic carbocycles. The number of amides is 1. The van der Waals surface area contributed by atoms with Crippen LogP contribution in [0.15, 0.2) is 30.5 Å². The Bertz CT molecular complexity index is 648. The summed E-state index contributed by atoms with van der Waals surface area (Å²) in [7, 11) is 1.80. The highest BCUT2D eigenvalue weighted by Gasteiger charge is 2.10. The van der Waals surface area contributed by atoms with Crippen LogP contribution in [0, 0.1) is 6.92 Å². The Hall–Kier alpha value is -2.21. The second kappa shape index (κ2) is 5.19. The van der Waals surface area contributed by atoms with Gasteiger partial charge in [-0.15, -0.1) is 0 Å². The van der Waals surface area contributed by atoms with Crippen molar-refractivity contribution in [2.45, 2.75) is 6.92 Å². The van der Waals surface area contributed by atoms with E-state index in [4.69, 9.17) is 18.0 Å². The lowest BCUT2D eigenvalue weighted by Crippen LogP contribution is -2.15. The molecule has 0 bridgehead atoms. The maximum Gasteiger partial charge on any atom is 0.255 e. The van der Waals surface area contributed by atoms with E-state index in [9.17, 15) is 4.79 Å². The molecule has 0 spiro atoms. The molecular weight excluding hydrogens is 260 g/mol. The SMILES string of the molecule is Cc1nn(C)cc1NC(=O)c1cccc(C(N)=S)c1. The highest BCUT2D eigenvalue weighted by molar-refractivity contribution is 7.80. The fourth-order valence-electron chi connectivity index (χ4n) is 1.73. The number of carbonyl (C=O) groups excluding carboxylic acids is 1. The molecule has 19 heavy (non-hydrogen) atoms. The van der Waals surface area contributed by atoms with E-state index in [0.29, 0.717) is 16.8 Å². The standard InChI is InChI=1S/C13H14N4OS/c1-8-11(7-17(2)16-8)15-13(18)10-5-3-4-9(6-10)12(14)19/h3-7H,1-2H3,(H2,14,19)(H,15,18). The summed E-state index contributed by atoms with van der Waals surface area (Å²) in [5, 5.41) is 6.97. The molecule has 2 rings (SSSR count). The van der Waals surface area contributed by atoms with Gasteiger partial charge < -0.3 is 11.1 Å². The van der Waals surface area contributed by atoms with Crippen molar-refractivity contribution in [2.75, 3.05) is 5.32 Å². The van der Waals surface area contributed by atoms with E-state index in [1.165, 1.54) is 0 Å². The maximum absolute atomic E-state index is 12.1. The van der Waals surface area contributed by atoms with Gasteiger partial charge >= 0.3 is 0 Å². The zero-order valence-electron chi connectivity index (χ0n) is 10.7. The molecule has 5 nitrogen and oxygen atoms in total. The van der Waals surface area contributed by atoms with Crippen LogP contribution >= 0.6 is 12.2 Å². The van der Waals surface area contributed by atoms with Crippen molar-refractivity contribution in [3.05, 3.63) is 47.3 Å². The van der Waals surface area contributed by atoms with Crippen LogP contribution in [0.1, 0.15) is 21.6 Å². The minimum Gasteiger partial charge on any atom is -0.389 e. The predicted molar refractivity (Wildman–Crippen MR) is 78.2 cm³/mol. The van der Waals surface area contributed by atoms with Gasteiger partial charge in [0.05, 0.1) is 11.4 Å². The van der Waals surface area contributed by atoms with Crippen molar-refractivity contribution < 1.29 is 4.79 Å². The molecule has 0 radical (unpaired) electrons.